The zero-order valence-electron chi connectivity index (χ0n) is 12.8. The molecule has 1 heterocycles. The van der Waals surface area contributed by atoms with E-state index in [4.69, 9.17) is 9.84 Å². The second-order valence-corrected chi connectivity index (χ2v) is 5.80. The summed E-state index contributed by atoms with van der Waals surface area (Å²) in [6.07, 6.45) is 2.75. The molecule has 2 rings (SSSR count). The summed E-state index contributed by atoms with van der Waals surface area (Å²) in [5.74, 6) is -0.0966. The van der Waals surface area contributed by atoms with Gasteiger partial charge >= 0.3 is 5.97 Å². The molecular weight excluding hydrogens is 300 g/mol. The fourth-order valence-electron chi connectivity index (χ4n) is 1.90. The molecule has 0 amide bonds. The van der Waals surface area contributed by atoms with Crippen molar-refractivity contribution in [3.63, 3.8) is 0 Å². The van der Waals surface area contributed by atoms with Crippen LogP contribution >= 0.6 is 11.3 Å². The molecule has 0 aliphatic heterocycles. The van der Waals surface area contributed by atoms with Gasteiger partial charge in [-0.3, -0.25) is 0 Å². The topological polar surface area (TPSA) is 71.5 Å². The minimum Gasteiger partial charge on any atom is -0.494 e. The van der Waals surface area contributed by atoms with Crippen LogP contribution < -0.4 is 10.1 Å². The normalized spacial score (nSPS) is 10.5. The number of aromatic carboxylic acids is 1. The summed E-state index contributed by atoms with van der Waals surface area (Å²) in [4.78, 5) is 15.8. The van der Waals surface area contributed by atoms with E-state index in [2.05, 4.69) is 17.2 Å². The Kier molecular flexibility index (Phi) is 5.77. The Labute approximate surface area is 134 Å². The van der Waals surface area contributed by atoms with E-state index in [0.29, 0.717) is 22.1 Å². The van der Waals surface area contributed by atoms with Gasteiger partial charge in [-0.1, -0.05) is 31.6 Å². The lowest BCUT2D eigenvalue weighted by atomic mass is 10.3. The Morgan fingerprint density at radius 2 is 2.05 bits per heavy atom. The number of benzene rings is 1. The quantitative estimate of drug-likeness (QED) is 0.708. The molecule has 0 spiro atoms. The molecule has 118 valence electrons. The molecule has 0 saturated heterocycles. The highest BCUT2D eigenvalue weighted by Gasteiger charge is 2.15. The van der Waals surface area contributed by atoms with Gasteiger partial charge in [0.05, 0.1) is 12.3 Å². The zero-order valence-corrected chi connectivity index (χ0v) is 13.6. The standard InChI is InChI=1S/C16H20N2O3S/c1-3-5-10-21-12-8-6-11(7-9-12)17-16-18-13(4-2)14(22-16)15(19)20/h6-9H,3-5,10H2,1-2H3,(H,17,18)(H,19,20). The second kappa shape index (κ2) is 7.79. The van der Waals surface area contributed by atoms with Gasteiger partial charge < -0.3 is 15.2 Å². The van der Waals surface area contributed by atoms with E-state index in [0.717, 1.165) is 42.2 Å². The first-order chi connectivity index (χ1) is 10.6. The molecule has 1 aromatic heterocycles. The van der Waals surface area contributed by atoms with Crippen LogP contribution in [0.3, 0.4) is 0 Å². The first kappa shape index (κ1) is 16.3. The molecule has 0 saturated carbocycles. The highest BCUT2D eigenvalue weighted by atomic mass is 32.1. The molecule has 2 aromatic rings. The molecule has 0 aliphatic rings. The van der Waals surface area contributed by atoms with Crippen LogP contribution in [0.25, 0.3) is 0 Å². The van der Waals surface area contributed by atoms with Gasteiger partial charge in [0.1, 0.15) is 10.6 Å². The molecular formula is C16H20N2O3S. The number of anilines is 2. The monoisotopic (exact) mass is 320 g/mol. The van der Waals surface area contributed by atoms with Crippen molar-refractivity contribution < 1.29 is 14.6 Å². The van der Waals surface area contributed by atoms with Crippen molar-refractivity contribution >= 4 is 28.1 Å². The minimum absolute atomic E-state index is 0.296. The van der Waals surface area contributed by atoms with Crippen LogP contribution in [0.2, 0.25) is 0 Å². The summed E-state index contributed by atoms with van der Waals surface area (Å²) in [7, 11) is 0. The van der Waals surface area contributed by atoms with Crippen LogP contribution in [0.5, 0.6) is 5.75 Å². The molecule has 0 unspecified atom stereocenters. The van der Waals surface area contributed by atoms with Gasteiger partial charge in [-0.2, -0.15) is 0 Å². The molecule has 0 atom stereocenters. The molecule has 1 aromatic carbocycles. The lowest BCUT2D eigenvalue weighted by Gasteiger charge is -2.07. The molecule has 0 fully saturated rings. The number of aryl methyl sites for hydroxylation is 1. The van der Waals surface area contributed by atoms with Crippen molar-refractivity contribution in [2.45, 2.75) is 33.1 Å². The third kappa shape index (κ3) is 4.21. The van der Waals surface area contributed by atoms with Crippen LogP contribution in [0.1, 0.15) is 42.1 Å². The summed E-state index contributed by atoms with van der Waals surface area (Å²) < 4.78 is 5.61. The number of hydrogen-bond donors (Lipinski definition) is 2. The fourth-order valence-corrected chi connectivity index (χ4v) is 2.82. The number of ether oxygens (including phenoxy) is 1. The highest BCUT2D eigenvalue weighted by molar-refractivity contribution is 7.17. The van der Waals surface area contributed by atoms with Crippen molar-refractivity contribution in [1.29, 1.82) is 0 Å². The lowest BCUT2D eigenvalue weighted by Crippen LogP contribution is -1.97. The Hall–Kier alpha value is -2.08. The third-order valence-electron chi connectivity index (χ3n) is 3.10. The maximum absolute atomic E-state index is 11.1. The van der Waals surface area contributed by atoms with Gasteiger partial charge in [-0.15, -0.1) is 0 Å². The zero-order chi connectivity index (χ0) is 15.9. The maximum Gasteiger partial charge on any atom is 0.347 e. The minimum atomic E-state index is -0.929. The highest BCUT2D eigenvalue weighted by Crippen LogP contribution is 2.27. The van der Waals surface area contributed by atoms with Crippen LogP contribution in [0, 0.1) is 0 Å². The van der Waals surface area contributed by atoms with Gasteiger partial charge in [0, 0.05) is 5.69 Å². The number of aromatic nitrogens is 1. The van der Waals surface area contributed by atoms with E-state index < -0.39 is 5.97 Å². The van der Waals surface area contributed by atoms with Crippen LogP contribution in [-0.2, 0) is 6.42 Å². The number of carbonyl (C=O) groups is 1. The van der Waals surface area contributed by atoms with Crippen molar-refractivity contribution in [2.75, 3.05) is 11.9 Å². The van der Waals surface area contributed by atoms with Gasteiger partial charge in [0.15, 0.2) is 5.13 Å². The number of nitrogens with zero attached hydrogens (tertiary/aromatic N) is 1. The maximum atomic E-state index is 11.1. The Morgan fingerprint density at radius 1 is 1.32 bits per heavy atom. The van der Waals surface area contributed by atoms with E-state index in [9.17, 15) is 4.79 Å². The van der Waals surface area contributed by atoms with Crippen molar-refractivity contribution in [1.82, 2.24) is 4.98 Å². The second-order valence-electron chi connectivity index (χ2n) is 4.80. The summed E-state index contributed by atoms with van der Waals surface area (Å²) in [6, 6.07) is 7.58. The number of rotatable bonds is 8. The van der Waals surface area contributed by atoms with Crippen LogP contribution in [0.4, 0.5) is 10.8 Å². The molecule has 22 heavy (non-hydrogen) atoms. The van der Waals surface area contributed by atoms with Crippen molar-refractivity contribution in [2.24, 2.45) is 0 Å². The largest absolute Gasteiger partial charge is 0.494 e. The molecule has 2 N–H and O–H groups in total. The summed E-state index contributed by atoms with van der Waals surface area (Å²) in [5, 5.41) is 12.9. The smallest absolute Gasteiger partial charge is 0.347 e. The van der Waals surface area contributed by atoms with Gasteiger partial charge in [-0.05, 0) is 37.1 Å². The summed E-state index contributed by atoms with van der Waals surface area (Å²) in [6.45, 7) is 4.74. The number of carboxylic acid groups (broad SMARTS) is 1. The lowest BCUT2D eigenvalue weighted by molar-refractivity contribution is 0.0701. The predicted molar refractivity (Wildman–Crippen MR) is 88.6 cm³/mol. The van der Waals surface area contributed by atoms with Crippen LogP contribution in [-0.4, -0.2) is 22.7 Å². The first-order valence-corrected chi connectivity index (χ1v) is 8.18. The number of carboxylic acids is 1. The molecule has 6 heteroatoms. The van der Waals surface area contributed by atoms with Crippen molar-refractivity contribution in [3.8, 4) is 5.75 Å². The van der Waals surface area contributed by atoms with Gasteiger partial charge in [0.25, 0.3) is 0 Å². The van der Waals surface area contributed by atoms with E-state index in [-0.39, 0.29) is 0 Å². The van der Waals surface area contributed by atoms with E-state index >= 15 is 0 Å². The third-order valence-corrected chi connectivity index (χ3v) is 4.10. The van der Waals surface area contributed by atoms with E-state index in [1.165, 1.54) is 0 Å². The predicted octanol–water partition coefficient (Wildman–Crippen LogP) is 4.33. The SMILES string of the molecule is CCCCOc1ccc(Nc2nc(CC)c(C(=O)O)s2)cc1. The van der Waals surface area contributed by atoms with Gasteiger partial charge in [0.2, 0.25) is 0 Å². The average Bonchev–Trinajstić information content (AvgIpc) is 2.92. The Morgan fingerprint density at radius 3 is 2.59 bits per heavy atom. The van der Waals surface area contributed by atoms with E-state index in [1.54, 1.807) is 0 Å². The molecule has 5 nitrogen and oxygen atoms in total. The molecule has 0 radical (unpaired) electrons. The number of nitrogens with one attached hydrogen (secondary N) is 1. The Balaban J connectivity index is 2.03. The van der Waals surface area contributed by atoms with Crippen molar-refractivity contribution in [3.05, 3.63) is 34.8 Å². The molecule has 0 aliphatic carbocycles. The number of hydrogen-bond acceptors (Lipinski definition) is 5. The summed E-state index contributed by atoms with van der Waals surface area (Å²) >= 11 is 1.16. The van der Waals surface area contributed by atoms with E-state index in [1.807, 2.05) is 31.2 Å². The fraction of sp³-hybridized carbons (Fsp3) is 0.375. The van der Waals surface area contributed by atoms with Crippen LogP contribution in [0.15, 0.2) is 24.3 Å². The number of thiazole rings is 1. The number of unbranched alkanes of at least 4 members (excludes halogenated alkanes) is 1. The Bertz CT molecular complexity index is 623. The molecule has 0 bridgehead atoms. The average molecular weight is 320 g/mol. The summed E-state index contributed by atoms with van der Waals surface area (Å²) in [5.41, 5.74) is 1.47. The van der Waals surface area contributed by atoms with Gasteiger partial charge in [-0.25, -0.2) is 9.78 Å². The first-order valence-electron chi connectivity index (χ1n) is 7.37.